The van der Waals surface area contributed by atoms with Gasteiger partial charge in [0.05, 0.1) is 13.2 Å². The molecular weight excluding hydrogens is 416 g/mol. The minimum atomic E-state index is -5.34. The van der Waals surface area contributed by atoms with E-state index in [1.807, 2.05) is 0 Å². The van der Waals surface area contributed by atoms with Gasteiger partial charge in [0.25, 0.3) is 0 Å². The first-order valence-electron chi connectivity index (χ1n) is 7.09. The number of ether oxygens (including phenoxy) is 1. The van der Waals surface area contributed by atoms with Crippen LogP contribution in [0.4, 0.5) is 5.82 Å². The molecule has 0 saturated carbocycles. The van der Waals surface area contributed by atoms with Crippen LogP contribution in [0.15, 0.2) is 11.0 Å². The topological polar surface area (TPSA) is 244 Å². The van der Waals surface area contributed by atoms with Gasteiger partial charge >= 0.3 is 21.3 Å². The molecule has 17 heteroatoms. The summed E-state index contributed by atoms with van der Waals surface area (Å²) in [6.45, 7) is -1.50. The summed E-state index contributed by atoms with van der Waals surface area (Å²) >= 11 is 0. The predicted molar refractivity (Wildman–Crippen MR) is 83.7 cm³/mol. The van der Waals surface area contributed by atoms with Crippen LogP contribution in [0.5, 0.6) is 0 Å². The average Bonchev–Trinajstić information content (AvgIpc) is 2.79. The van der Waals surface area contributed by atoms with Crippen LogP contribution in [-0.4, -0.2) is 64.5 Å². The second kappa shape index (κ2) is 8.03. The van der Waals surface area contributed by atoms with Gasteiger partial charge in [0.1, 0.15) is 24.1 Å². The first-order valence-corrected chi connectivity index (χ1v) is 10.1. The standard InChI is InChI=1S/C10H17N3O12P2/c11-8-4(2-14)1-13(10(17)12-8)9-7(16)6(15)5(24-9)3-23-27(21,22)25-26(18,19)20/h1,5-7,9,14-16H,2-3H2,(H,21,22)(H2,11,12,17)(H2,18,19,20)/t5-,6?,7?,9-/m1/s1. The Morgan fingerprint density at radius 2 is 1.89 bits per heavy atom. The lowest BCUT2D eigenvalue weighted by molar-refractivity contribution is -0.0543. The van der Waals surface area contributed by atoms with Crippen LogP contribution in [0, 0.1) is 0 Å². The van der Waals surface area contributed by atoms with E-state index < -0.39 is 59.1 Å². The molecule has 0 aliphatic carbocycles. The molecule has 15 nitrogen and oxygen atoms in total. The van der Waals surface area contributed by atoms with Gasteiger partial charge in [0.15, 0.2) is 6.23 Å². The van der Waals surface area contributed by atoms with Crippen molar-refractivity contribution in [2.45, 2.75) is 31.1 Å². The third-order valence-electron chi connectivity index (χ3n) is 3.45. The maximum Gasteiger partial charge on any atom is 0.481 e. The summed E-state index contributed by atoms with van der Waals surface area (Å²) in [7, 11) is -10.5. The van der Waals surface area contributed by atoms with Gasteiger partial charge in [-0.15, -0.1) is 0 Å². The van der Waals surface area contributed by atoms with E-state index in [2.05, 4.69) is 13.8 Å². The smallest absolute Gasteiger partial charge is 0.391 e. The number of anilines is 1. The number of aromatic nitrogens is 2. The summed E-state index contributed by atoms with van der Waals surface area (Å²) in [6, 6.07) is 0. The molecule has 2 rings (SSSR count). The summed E-state index contributed by atoms with van der Waals surface area (Å²) < 4.78 is 35.8. The molecule has 0 aromatic carbocycles. The number of nitrogens with zero attached hydrogens (tertiary/aromatic N) is 2. The van der Waals surface area contributed by atoms with Crippen LogP contribution in [-0.2, 0) is 29.3 Å². The number of phosphoric ester groups is 1. The molecule has 1 aromatic heterocycles. The van der Waals surface area contributed by atoms with Crippen LogP contribution in [0.25, 0.3) is 0 Å². The highest BCUT2D eigenvalue weighted by Gasteiger charge is 2.46. The van der Waals surface area contributed by atoms with Gasteiger partial charge in [-0.2, -0.15) is 9.29 Å². The number of hydrogen-bond donors (Lipinski definition) is 7. The molecular formula is C10H17N3O12P2. The van der Waals surface area contributed by atoms with E-state index in [1.54, 1.807) is 0 Å². The summed E-state index contributed by atoms with van der Waals surface area (Å²) in [4.78, 5) is 41.6. The molecule has 0 amide bonds. The van der Waals surface area contributed by atoms with E-state index >= 15 is 0 Å². The van der Waals surface area contributed by atoms with E-state index in [0.717, 1.165) is 10.8 Å². The average molecular weight is 433 g/mol. The lowest BCUT2D eigenvalue weighted by Crippen LogP contribution is -2.36. The largest absolute Gasteiger partial charge is 0.481 e. The maximum atomic E-state index is 11.9. The van der Waals surface area contributed by atoms with Crippen molar-refractivity contribution in [1.82, 2.24) is 9.55 Å². The Morgan fingerprint density at radius 3 is 2.44 bits per heavy atom. The SMILES string of the molecule is Nc1nc(=O)n([C@@H]2O[C@H](COP(=O)(O)OP(=O)(O)O)C(O)C2O)cc1CO. The fraction of sp³-hybridized carbons (Fsp3) is 0.600. The van der Waals surface area contributed by atoms with Crippen molar-refractivity contribution >= 4 is 21.5 Å². The predicted octanol–water partition coefficient (Wildman–Crippen LogP) is -2.84. The van der Waals surface area contributed by atoms with E-state index in [0.29, 0.717) is 0 Å². The van der Waals surface area contributed by atoms with Crippen LogP contribution in [0.3, 0.4) is 0 Å². The molecule has 5 atom stereocenters. The fourth-order valence-electron chi connectivity index (χ4n) is 2.25. The first kappa shape index (κ1) is 22.1. The molecule has 1 aromatic rings. The van der Waals surface area contributed by atoms with Gasteiger partial charge in [-0.3, -0.25) is 9.09 Å². The van der Waals surface area contributed by atoms with Crippen LogP contribution < -0.4 is 11.4 Å². The van der Waals surface area contributed by atoms with Crippen LogP contribution in [0.2, 0.25) is 0 Å². The number of phosphoric acid groups is 2. The van der Waals surface area contributed by atoms with E-state index in [4.69, 9.17) is 25.4 Å². The number of hydrogen-bond acceptors (Lipinski definition) is 11. The normalized spacial score (nSPS) is 28.2. The Morgan fingerprint density at radius 1 is 1.26 bits per heavy atom. The van der Waals surface area contributed by atoms with Gasteiger partial charge in [-0.05, 0) is 0 Å². The zero-order valence-corrected chi connectivity index (χ0v) is 15.1. The second-order valence-corrected chi connectivity index (χ2v) is 8.21. The fourth-order valence-corrected chi connectivity index (χ4v) is 3.85. The number of nitrogens with two attached hydrogens (primary N) is 1. The van der Waals surface area contributed by atoms with Crippen LogP contribution in [0.1, 0.15) is 11.8 Å². The van der Waals surface area contributed by atoms with Crippen molar-refractivity contribution in [3.63, 3.8) is 0 Å². The Bertz CT molecular complexity index is 839. The Balaban J connectivity index is 2.16. The van der Waals surface area contributed by atoms with E-state index in [9.17, 15) is 29.0 Å². The van der Waals surface area contributed by atoms with Gasteiger partial charge in [-0.25, -0.2) is 13.9 Å². The Kier molecular flexibility index (Phi) is 6.56. The van der Waals surface area contributed by atoms with Crippen molar-refractivity contribution in [2.75, 3.05) is 12.3 Å². The highest BCUT2D eigenvalue weighted by atomic mass is 31.3. The zero-order valence-electron chi connectivity index (χ0n) is 13.3. The highest BCUT2D eigenvalue weighted by Crippen LogP contribution is 2.57. The molecule has 0 bridgehead atoms. The number of aliphatic hydroxyl groups is 3. The summed E-state index contributed by atoms with van der Waals surface area (Å²) in [6.07, 6.45) is -5.38. The summed E-state index contributed by atoms with van der Waals surface area (Å²) in [5, 5.41) is 29.2. The molecule has 154 valence electrons. The third-order valence-corrected chi connectivity index (χ3v) is 5.61. The molecule has 2 heterocycles. The Hall–Kier alpha value is -1.22. The third kappa shape index (κ3) is 5.40. The monoisotopic (exact) mass is 433 g/mol. The van der Waals surface area contributed by atoms with Crippen molar-refractivity contribution < 1.29 is 52.7 Å². The second-order valence-electron chi connectivity index (χ2n) is 5.38. The molecule has 1 aliphatic rings. The summed E-state index contributed by atoms with van der Waals surface area (Å²) in [5.41, 5.74) is 4.51. The molecule has 0 radical (unpaired) electrons. The van der Waals surface area contributed by atoms with E-state index in [-0.39, 0.29) is 11.4 Å². The molecule has 1 saturated heterocycles. The molecule has 1 fully saturated rings. The van der Waals surface area contributed by atoms with Gasteiger partial charge < -0.3 is 40.5 Å². The molecule has 0 spiro atoms. The minimum Gasteiger partial charge on any atom is -0.391 e. The Labute approximate surface area is 150 Å². The van der Waals surface area contributed by atoms with Crippen molar-refractivity contribution in [3.05, 3.63) is 22.2 Å². The zero-order chi connectivity index (χ0) is 20.6. The number of aliphatic hydroxyl groups excluding tert-OH is 3. The van der Waals surface area contributed by atoms with Crippen molar-refractivity contribution in [1.29, 1.82) is 0 Å². The number of rotatable bonds is 7. The highest BCUT2D eigenvalue weighted by molar-refractivity contribution is 7.60. The van der Waals surface area contributed by atoms with Gasteiger partial charge in [0, 0.05) is 11.8 Å². The molecule has 8 N–H and O–H groups in total. The first-order chi connectivity index (χ1) is 12.3. The molecule has 27 heavy (non-hydrogen) atoms. The van der Waals surface area contributed by atoms with Gasteiger partial charge in [-0.1, -0.05) is 0 Å². The number of nitrogen functional groups attached to an aromatic ring is 1. The summed E-state index contributed by atoms with van der Waals surface area (Å²) in [5.74, 6) is -0.248. The van der Waals surface area contributed by atoms with Crippen LogP contribution >= 0.6 is 15.6 Å². The molecule has 1 aliphatic heterocycles. The van der Waals surface area contributed by atoms with Gasteiger partial charge in [0.2, 0.25) is 0 Å². The quantitative estimate of drug-likeness (QED) is 0.214. The van der Waals surface area contributed by atoms with Crippen molar-refractivity contribution in [3.8, 4) is 0 Å². The lowest BCUT2D eigenvalue weighted by atomic mass is 10.1. The minimum absolute atomic E-state index is 0.0366. The van der Waals surface area contributed by atoms with E-state index in [1.165, 1.54) is 0 Å². The molecule has 3 unspecified atom stereocenters. The maximum absolute atomic E-state index is 11.9. The van der Waals surface area contributed by atoms with Crippen molar-refractivity contribution in [2.24, 2.45) is 0 Å². The lowest BCUT2D eigenvalue weighted by Gasteiger charge is -2.18.